The summed E-state index contributed by atoms with van der Waals surface area (Å²) in [6, 6.07) is 23.3. The van der Waals surface area contributed by atoms with E-state index in [1.54, 1.807) is 24.3 Å². The van der Waals surface area contributed by atoms with Crippen LogP contribution in [0.4, 0.5) is 0 Å². The number of para-hydroxylation sites is 3. The van der Waals surface area contributed by atoms with Gasteiger partial charge in [0.25, 0.3) is 5.91 Å². The van der Waals surface area contributed by atoms with Crippen molar-refractivity contribution in [1.29, 1.82) is 0 Å². The highest BCUT2D eigenvalue weighted by Gasteiger charge is 2.12. The Bertz CT molecular complexity index is 1250. The molecule has 0 aliphatic carbocycles. The zero-order chi connectivity index (χ0) is 23.9. The highest BCUT2D eigenvalue weighted by molar-refractivity contribution is 6.30. The summed E-state index contributed by atoms with van der Waals surface area (Å²) < 4.78 is 8.36. The maximum absolute atomic E-state index is 12.4. The van der Waals surface area contributed by atoms with E-state index >= 15 is 0 Å². The van der Waals surface area contributed by atoms with E-state index in [1.807, 2.05) is 30.3 Å². The third-order valence-electron chi connectivity index (χ3n) is 5.80. The maximum atomic E-state index is 12.4. The molecule has 0 fully saturated rings. The Balaban J connectivity index is 1.38. The van der Waals surface area contributed by atoms with Crippen molar-refractivity contribution in [2.75, 3.05) is 13.2 Å². The average molecular weight is 476 g/mol. The number of nitrogens with one attached hydrogen (secondary N) is 1. The average Bonchev–Trinajstić information content (AvgIpc) is 3.19. The number of hydrogen-bond acceptors (Lipinski definition) is 3. The summed E-state index contributed by atoms with van der Waals surface area (Å²) in [4.78, 5) is 17.2. The zero-order valence-corrected chi connectivity index (χ0v) is 20.4. The highest BCUT2D eigenvalue weighted by Crippen LogP contribution is 2.26. The van der Waals surface area contributed by atoms with Gasteiger partial charge in [0.2, 0.25) is 0 Å². The van der Waals surface area contributed by atoms with Gasteiger partial charge in [-0.2, -0.15) is 0 Å². The van der Waals surface area contributed by atoms with Gasteiger partial charge < -0.3 is 14.6 Å². The summed E-state index contributed by atoms with van der Waals surface area (Å²) in [7, 11) is 0. The van der Waals surface area contributed by atoms with Gasteiger partial charge in [-0.1, -0.05) is 55.8 Å². The van der Waals surface area contributed by atoms with Crippen LogP contribution < -0.4 is 10.1 Å². The predicted octanol–water partition coefficient (Wildman–Crippen LogP) is 6.25. The molecule has 1 N–H and O–H groups in total. The fraction of sp³-hybridized carbons (Fsp3) is 0.286. The molecular formula is C28H30ClN3O2. The Morgan fingerprint density at radius 2 is 1.76 bits per heavy atom. The molecule has 176 valence electrons. The molecule has 1 amide bonds. The summed E-state index contributed by atoms with van der Waals surface area (Å²) in [5.74, 6) is 2.22. The molecule has 0 saturated heterocycles. The number of benzene rings is 3. The van der Waals surface area contributed by atoms with Gasteiger partial charge >= 0.3 is 0 Å². The molecule has 6 heteroatoms. The molecule has 0 saturated carbocycles. The minimum absolute atomic E-state index is 0.114. The molecule has 1 aromatic heterocycles. The molecule has 3 aromatic carbocycles. The van der Waals surface area contributed by atoms with Crippen LogP contribution in [-0.2, 0) is 13.0 Å². The second-order valence-electron chi connectivity index (χ2n) is 8.58. The molecular weight excluding hydrogens is 446 g/mol. The molecule has 0 bridgehead atoms. The van der Waals surface area contributed by atoms with E-state index in [-0.39, 0.29) is 5.91 Å². The number of aromatic nitrogens is 2. The number of nitrogens with zero attached hydrogens (tertiary/aromatic N) is 2. The molecule has 0 spiro atoms. The molecule has 0 radical (unpaired) electrons. The number of carbonyl (C=O) groups excluding carboxylic acids is 1. The number of amides is 1. The van der Waals surface area contributed by atoms with E-state index in [2.05, 4.69) is 41.9 Å². The minimum atomic E-state index is -0.114. The topological polar surface area (TPSA) is 56.1 Å². The largest absolute Gasteiger partial charge is 0.493 e. The Morgan fingerprint density at radius 1 is 1.03 bits per heavy atom. The van der Waals surface area contributed by atoms with Crippen molar-refractivity contribution in [3.05, 3.63) is 94.8 Å². The molecule has 1 heterocycles. The van der Waals surface area contributed by atoms with Crippen LogP contribution in [0.2, 0.25) is 5.02 Å². The second kappa shape index (κ2) is 11.2. The van der Waals surface area contributed by atoms with Crippen molar-refractivity contribution in [1.82, 2.24) is 14.9 Å². The predicted molar refractivity (Wildman–Crippen MR) is 138 cm³/mol. The quantitative estimate of drug-likeness (QED) is 0.275. The molecule has 0 atom stereocenters. The highest BCUT2D eigenvalue weighted by atomic mass is 35.5. The van der Waals surface area contributed by atoms with Crippen LogP contribution >= 0.6 is 11.6 Å². The molecule has 4 aromatic rings. The number of rotatable bonds is 10. The number of fused-ring (bicyclic) bond motifs is 1. The smallest absolute Gasteiger partial charge is 0.251 e. The van der Waals surface area contributed by atoms with Crippen LogP contribution in [0.3, 0.4) is 0 Å². The van der Waals surface area contributed by atoms with Crippen LogP contribution in [0.5, 0.6) is 5.75 Å². The first kappa shape index (κ1) is 23.8. The molecule has 0 unspecified atom stereocenters. The Kier molecular flexibility index (Phi) is 7.86. The fourth-order valence-corrected chi connectivity index (χ4v) is 4.18. The fourth-order valence-electron chi connectivity index (χ4n) is 4.05. The van der Waals surface area contributed by atoms with Crippen molar-refractivity contribution in [2.24, 2.45) is 0 Å². The summed E-state index contributed by atoms with van der Waals surface area (Å²) >= 11 is 5.91. The van der Waals surface area contributed by atoms with Crippen LogP contribution in [0.15, 0.2) is 72.8 Å². The first-order chi connectivity index (χ1) is 16.5. The van der Waals surface area contributed by atoms with E-state index < -0.39 is 0 Å². The first-order valence-corrected chi connectivity index (χ1v) is 12.1. The lowest BCUT2D eigenvalue weighted by Gasteiger charge is -2.14. The van der Waals surface area contributed by atoms with E-state index in [4.69, 9.17) is 21.3 Å². The van der Waals surface area contributed by atoms with Crippen LogP contribution in [0.1, 0.15) is 47.9 Å². The summed E-state index contributed by atoms with van der Waals surface area (Å²) in [5, 5.41) is 3.60. The monoisotopic (exact) mass is 475 g/mol. The molecule has 34 heavy (non-hydrogen) atoms. The lowest BCUT2D eigenvalue weighted by Crippen LogP contribution is -2.26. The van der Waals surface area contributed by atoms with E-state index in [9.17, 15) is 4.79 Å². The van der Waals surface area contributed by atoms with Gasteiger partial charge in [0.1, 0.15) is 11.6 Å². The molecule has 5 nitrogen and oxygen atoms in total. The standard InChI is InChI=1S/C28H30ClN3O2/c1-20(2)23-8-3-6-11-26(23)34-19-7-18-32-25-10-5-4-9-24(25)31-27(32)16-17-30-28(33)21-12-14-22(29)15-13-21/h3-6,8-15,20H,7,16-19H2,1-2H3,(H,30,33). The summed E-state index contributed by atoms with van der Waals surface area (Å²) in [6.07, 6.45) is 1.50. The minimum Gasteiger partial charge on any atom is -0.493 e. The van der Waals surface area contributed by atoms with Gasteiger partial charge in [0, 0.05) is 30.1 Å². The Hall–Kier alpha value is -3.31. The van der Waals surface area contributed by atoms with Crippen molar-refractivity contribution >= 4 is 28.5 Å². The first-order valence-electron chi connectivity index (χ1n) is 11.7. The van der Waals surface area contributed by atoms with Gasteiger partial charge in [0.15, 0.2) is 0 Å². The van der Waals surface area contributed by atoms with Crippen LogP contribution in [0, 0.1) is 0 Å². The van der Waals surface area contributed by atoms with E-state index in [0.29, 0.717) is 36.1 Å². The van der Waals surface area contributed by atoms with Crippen molar-refractivity contribution in [2.45, 2.75) is 39.2 Å². The number of aryl methyl sites for hydroxylation is 1. The van der Waals surface area contributed by atoms with Crippen LogP contribution in [0.25, 0.3) is 11.0 Å². The maximum Gasteiger partial charge on any atom is 0.251 e. The van der Waals surface area contributed by atoms with Gasteiger partial charge in [0.05, 0.1) is 17.6 Å². The van der Waals surface area contributed by atoms with Gasteiger partial charge in [-0.25, -0.2) is 4.98 Å². The van der Waals surface area contributed by atoms with Gasteiger partial charge in [-0.3, -0.25) is 4.79 Å². The lowest BCUT2D eigenvalue weighted by molar-refractivity contribution is 0.0954. The zero-order valence-electron chi connectivity index (χ0n) is 19.6. The number of halogens is 1. The van der Waals surface area contributed by atoms with E-state index in [1.165, 1.54) is 5.56 Å². The third kappa shape index (κ3) is 5.78. The van der Waals surface area contributed by atoms with Gasteiger partial charge in [-0.15, -0.1) is 0 Å². The van der Waals surface area contributed by atoms with Crippen molar-refractivity contribution in [3.8, 4) is 5.75 Å². The number of carbonyl (C=O) groups is 1. The lowest BCUT2D eigenvalue weighted by atomic mass is 10.0. The second-order valence-corrected chi connectivity index (χ2v) is 9.01. The molecule has 0 aliphatic heterocycles. The molecule has 0 aliphatic rings. The SMILES string of the molecule is CC(C)c1ccccc1OCCCn1c(CCNC(=O)c2ccc(Cl)cc2)nc2ccccc21. The van der Waals surface area contributed by atoms with Crippen molar-refractivity contribution in [3.63, 3.8) is 0 Å². The van der Waals surface area contributed by atoms with Gasteiger partial charge in [-0.05, 0) is 60.4 Å². The molecule has 4 rings (SSSR count). The normalized spacial score (nSPS) is 11.2. The number of imidazole rings is 1. The van der Waals surface area contributed by atoms with Crippen molar-refractivity contribution < 1.29 is 9.53 Å². The van der Waals surface area contributed by atoms with Crippen LogP contribution in [-0.4, -0.2) is 28.6 Å². The van der Waals surface area contributed by atoms with E-state index in [0.717, 1.165) is 35.6 Å². The summed E-state index contributed by atoms with van der Waals surface area (Å²) in [5.41, 5.74) is 3.89. The third-order valence-corrected chi connectivity index (χ3v) is 6.05. The number of hydrogen-bond donors (Lipinski definition) is 1. The Morgan fingerprint density at radius 3 is 2.56 bits per heavy atom. The summed E-state index contributed by atoms with van der Waals surface area (Å²) in [6.45, 7) is 6.28. The Labute approximate surface area is 205 Å². The number of ether oxygens (including phenoxy) is 1.